The van der Waals surface area contributed by atoms with E-state index >= 15 is 0 Å². The minimum Gasteiger partial charge on any atom is -0.493 e. The molecule has 2 nitrogen and oxygen atoms in total. The maximum absolute atomic E-state index is 5.81. The van der Waals surface area contributed by atoms with E-state index < -0.39 is 0 Å². The molecule has 0 spiro atoms. The van der Waals surface area contributed by atoms with Crippen LogP contribution < -0.4 is 10.5 Å². The van der Waals surface area contributed by atoms with Crippen LogP contribution in [0.15, 0.2) is 36.4 Å². The monoisotopic (exact) mass is 215 g/mol. The lowest BCUT2D eigenvalue weighted by Crippen LogP contribution is -2.03. The molecule has 0 radical (unpaired) electrons. The van der Waals surface area contributed by atoms with Crippen molar-refractivity contribution in [2.75, 3.05) is 6.61 Å². The molecule has 0 aliphatic carbocycles. The van der Waals surface area contributed by atoms with Crippen LogP contribution in [0.2, 0.25) is 0 Å². The van der Waals surface area contributed by atoms with E-state index in [1.54, 1.807) is 0 Å². The summed E-state index contributed by atoms with van der Waals surface area (Å²) in [4.78, 5) is 0. The molecular formula is C14H17NO. The number of hydrogen-bond acceptors (Lipinski definition) is 2. The zero-order chi connectivity index (χ0) is 11.4. The molecule has 2 aromatic rings. The summed E-state index contributed by atoms with van der Waals surface area (Å²) >= 11 is 0. The third-order valence-electron chi connectivity index (χ3n) is 2.66. The fourth-order valence-corrected chi connectivity index (χ4v) is 1.87. The fourth-order valence-electron chi connectivity index (χ4n) is 1.87. The minimum atomic E-state index is 0.514. The summed E-state index contributed by atoms with van der Waals surface area (Å²) in [6, 6.07) is 12.4. The van der Waals surface area contributed by atoms with Gasteiger partial charge in [-0.2, -0.15) is 0 Å². The summed E-state index contributed by atoms with van der Waals surface area (Å²) in [7, 11) is 0. The first kappa shape index (κ1) is 11.0. The number of nitrogens with two attached hydrogens (primary N) is 1. The van der Waals surface area contributed by atoms with Crippen molar-refractivity contribution in [2.24, 2.45) is 5.73 Å². The van der Waals surface area contributed by atoms with Gasteiger partial charge in [0.25, 0.3) is 0 Å². The van der Waals surface area contributed by atoms with Crippen molar-refractivity contribution < 1.29 is 4.74 Å². The smallest absolute Gasteiger partial charge is 0.124 e. The van der Waals surface area contributed by atoms with E-state index in [1.807, 2.05) is 18.2 Å². The van der Waals surface area contributed by atoms with E-state index in [2.05, 4.69) is 25.1 Å². The summed E-state index contributed by atoms with van der Waals surface area (Å²) in [6.07, 6.45) is 1.01. The number of benzene rings is 2. The molecule has 0 amide bonds. The van der Waals surface area contributed by atoms with Gasteiger partial charge in [0.15, 0.2) is 0 Å². The molecule has 0 unspecified atom stereocenters. The highest BCUT2D eigenvalue weighted by atomic mass is 16.5. The van der Waals surface area contributed by atoms with Crippen molar-refractivity contribution in [3.63, 3.8) is 0 Å². The fraction of sp³-hybridized carbons (Fsp3) is 0.286. The van der Waals surface area contributed by atoms with Crippen molar-refractivity contribution in [3.8, 4) is 5.75 Å². The van der Waals surface area contributed by atoms with Gasteiger partial charge in [-0.1, -0.05) is 37.3 Å². The Morgan fingerprint density at radius 3 is 2.69 bits per heavy atom. The molecule has 0 aromatic heterocycles. The van der Waals surface area contributed by atoms with Gasteiger partial charge in [0, 0.05) is 12.1 Å². The highest BCUT2D eigenvalue weighted by Gasteiger charge is 2.06. The van der Waals surface area contributed by atoms with Gasteiger partial charge in [0.2, 0.25) is 0 Å². The van der Waals surface area contributed by atoms with Crippen LogP contribution in [0.25, 0.3) is 10.8 Å². The predicted molar refractivity (Wildman–Crippen MR) is 67.6 cm³/mol. The van der Waals surface area contributed by atoms with Crippen LogP contribution in [0.1, 0.15) is 18.9 Å². The van der Waals surface area contributed by atoms with Crippen LogP contribution in [0.5, 0.6) is 5.75 Å². The molecule has 0 saturated carbocycles. The van der Waals surface area contributed by atoms with E-state index in [1.165, 1.54) is 10.8 Å². The van der Waals surface area contributed by atoms with Crippen LogP contribution in [0, 0.1) is 0 Å². The molecule has 16 heavy (non-hydrogen) atoms. The maximum Gasteiger partial charge on any atom is 0.124 e. The van der Waals surface area contributed by atoms with E-state index in [4.69, 9.17) is 10.5 Å². The van der Waals surface area contributed by atoms with Gasteiger partial charge in [-0.25, -0.2) is 0 Å². The first-order chi connectivity index (χ1) is 7.86. The van der Waals surface area contributed by atoms with Gasteiger partial charge in [0.1, 0.15) is 5.75 Å². The summed E-state index contributed by atoms with van der Waals surface area (Å²) in [6.45, 7) is 3.36. The second kappa shape index (κ2) is 4.99. The van der Waals surface area contributed by atoms with Crippen molar-refractivity contribution >= 4 is 10.8 Å². The topological polar surface area (TPSA) is 35.2 Å². The van der Waals surface area contributed by atoms with Gasteiger partial charge >= 0.3 is 0 Å². The molecule has 0 bridgehead atoms. The Labute approximate surface area is 96.0 Å². The van der Waals surface area contributed by atoms with Crippen LogP contribution in [0.3, 0.4) is 0 Å². The summed E-state index contributed by atoms with van der Waals surface area (Å²) in [5.74, 6) is 0.919. The highest BCUT2D eigenvalue weighted by Crippen LogP contribution is 2.27. The summed E-state index contributed by atoms with van der Waals surface area (Å²) in [5.41, 5.74) is 6.91. The Hall–Kier alpha value is -1.54. The SMILES string of the molecule is CCCOc1ccc2ccccc2c1CN. The second-order valence-electron chi connectivity index (χ2n) is 3.82. The largest absolute Gasteiger partial charge is 0.493 e. The zero-order valence-corrected chi connectivity index (χ0v) is 9.57. The van der Waals surface area contributed by atoms with Crippen LogP contribution in [-0.4, -0.2) is 6.61 Å². The number of rotatable bonds is 4. The first-order valence-electron chi connectivity index (χ1n) is 5.70. The Balaban J connectivity index is 2.50. The Bertz CT molecular complexity index is 479. The lowest BCUT2D eigenvalue weighted by Gasteiger charge is -2.12. The van der Waals surface area contributed by atoms with Crippen LogP contribution >= 0.6 is 0 Å². The van der Waals surface area contributed by atoms with E-state index in [0.717, 1.165) is 24.3 Å². The van der Waals surface area contributed by atoms with E-state index in [-0.39, 0.29) is 0 Å². The molecule has 2 heteroatoms. The third kappa shape index (κ3) is 2.02. The molecular weight excluding hydrogens is 198 g/mol. The number of fused-ring (bicyclic) bond motifs is 1. The first-order valence-corrected chi connectivity index (χ1v) is 5.70. The van der Waals surface area contributed by atoms with Gasteiger partial charge in [0.05, 0.1) is 6.61 Å². The zero-order valence-electron chi connectivity index (χ0n) is 9.57. The molecule has 0 aliphatic heterocycles. The second-order valence-corrected chi connectivity index (χ2v) is 3.82. The van der Waals surface area contributed by atoms with Crippen molar-refractivity contribution in [2.45, 2.75) is 19.9 Å². The average molecular weight is 215 g/mol. The van der Waals surface area contributed by atoms with Gasteiger partial charge < -0.3 is 10.5 Å². The molecule has 0 aliphatic rings. The number of hydrogen-bond donors (Lipinski definition) is 1. The molecule has 0 heterocycles. The van der Waals surface area contributed by atoms with Crippen molar-refractivity contribution in [1.82, 2.24) is 0 Å². The molecule has 84 valence electrons. The number of ether oxygens (including phenoxy) is 1. The average Bonchev–Trinajstić information content (AvgIpc) is 2.35. The van der Waals surface area contributed by atoms with Crippen molar-refractivity contribution in [3.05, 3.63) is 42.0 Å². The predicted octanol–water partition coefficient (Wildman–Crippen LogP) is 3.09. The Kier molecular flexibility index (Phi) is 3.42. The van der Waals surface area contributed by atoms with E-state index in [0.29, 0.717) is 6.54 Å². The summed E-state index contributed by atoms with van der Waals surface area (Å²) in [5, 5.41) is 2.41. The lowest BCUT2D eigenvalue weighted by atomic mass is 10.0. The van der Waals surface area contributed by atoms with Crippen molar-refractivity contribution in [1.29, 1.82) is 0 Å². The normalized spacial score (nSPS) is 10.6. The van der Waals surface area contributed by atoms with E-state index in [9.17, 15) is 0 Å². The molecule has 0 saturated heterocycles. The summed E-state index contributed by atoms with van der Waals surface area (Å²) < 4.78 is 5.71. The Morgan fingerprint density at radius 2 is 1.94 bits per heavy atom. The van der Waals surface area contributed by atoms with Gasteiger partial charge in [-0.15, -0.1) is 0 Å². The molecule has 2 N–H and O–H groups in total. The quantitative estimate of drug-likeness (QED) is 0.850. The lowest BCUT2D eigenvalue weighted by molar-refractivity contribution is 0.315. The van der Waals surface area contributed by atoms with Crippen LogP contribution in [-0.2, 0) is 6.54 Å². The van der Waals surface area contributed by atoms with Crippen LogP contribution in [0.4, 0.5) is 0 Å². The Morgan fingerprint density at radius 1 is 1.12 bits per heavy atom. The molecule has 2 rings (SSSR count). The third-order valence-corrected chi connectivity index (χ3v) is 2.66. The standard InChI is InChI=1S/C14H17NO/c1-2-9-16-14-8-7-11-5-3-4-6-12(11)13(14)10-15/h3-8H,2,9-10,15H2,1H3. The van der Waals surface area contributed by atoms with Gasteiger partial charge in [-0.05, 0) is 23.3 Å². The molecule has 2 aromatic carbocycles. The molecule has 0 fully saturated rings. The highest BCUT2D eigenvalue weighted by molar-refractivity contribution is 5.87. The maximum atomic E-state index is 5.81. The minimum absolute atomic E-state index is 0.514. The molecule has 0 atom stereocenters. The van der Waals surface area contributed by atoms with Gasteiger partial charge in [-0.3, -0.25) is 0 Å².